The van der Waals surface area contributed by atoms with Gasteiger partial charge in [-0.1, -0.05) is 37.3 Å². The van der Waals surface area contributed by atoms with Crippen molar-refractivity contribution in [2.24, 2.45) is 11.3 Å². The van der Waals surface area contributed by atoms with E-state index in [-0.39, 0.29) is 0 Å². The summed E-state index contributed by atoms with van der Waals surface area (Å²) in [7, 11) is 0. The Hall–Kier alpha value is -0.780. The molecule has 0 heteroatoms. The minimum Gasteiger partial charge on any atom is -0.0990 e. The van der Waals surface area contributed by atoms with Crippen LogP contribution in [0.15, 0.2) is 36.0 Å². The third kappa shape index (κ3) is 1.60. The van der Waals surface area contributed by atoms with Gasteiger partial charge < -0.3 is 0 Å². The molecule has 0 aromatic heterocycles. The van der Waals surface area contributed by atoms with Gasteiger partial charge in [0.2, 0.25) is 0 Å². The summed E-state index contributed by atoms with van der Waals surface area (Å²) < 4.78 is 0. The molecule has 0 heterocycles. The fourth-order valence-electron chi connectivity index (χ4n) is 3.26. The quantitative estimate of drug-likeness (QED) is 0.543. The Morgan fingerprint density at radius 2 is 2.20 bits per heavy atom. The average molecular weight is 202 g/mol. The van der Waals surface area contributed by atoms with Crippen LogP contribution in [0, 0.1) is 11.3 Å². The molecule has 1 fully saturated rings. The molecule has 2 aliphatic rings. The van der Waals surface area contributed by atoms with Gasteiger partial charge in [-0.3, -0.25) is 0 Å². The molecule has 2 aliphatic carbocycles. The highest BCUT2D eigenvalue weighted by atomic mass is 14.5. The van der Waals surface area contributed by atoms with Gasteiger partial charge in [0.1, 0.15) is 0 Å². The standard InChI is InChI=1S/C15H22/c1-11(2)14-8-9-15(10-14)12(3)6-5-7-13(15)4/h10,13H,1,3,5-9H2,2,4H3/t13-,15+/m1/s1. The first-order valence-electron chi connectivity index (χ1n) is 6.12. The van der Waals surface area contributed by atoms with Gasteiger partial charge in [-0.2, -0.15) is 0 Å². The largest absolute Gasteiger partial charge is 0.0990 e. The molecule has 0 aromatic rings. The number of rotatable bonds is 1. The molecule has 0 N–H and O–H groups in total. The number of allylic oxidation sites excluding steroid dienone is 4. The molecule has 1 spiro atoms. The predicted octanol–water partition coefficient (Wildman–Crippen LogP) is 4.65. The number of hydrogen-bond acceptors (Lipinski definition) is 0. The Bertz CT molecular complexity index is 332. The lowest BCUT2D eigenvalue weighted by molar-refractivity contribution is 0.236. The molecule has 0 saturated heterocycles. The molecule has 0 amide bonds. The molecular weight excluding hydrogens is 180 g/mol. The molecule has 2 atom stereocenters. The second-order valence-electron chi connectivity index (χ2n) is 5.39. The van der Waals surface area contributed by atoms with Crippen LogP contribution in [-0.2, 0) is 0 Å². The summed E-state index contributed by atoms with van der Waals surface area (Å²) in [6.07, 6.45) is 8.89. The van der Waals surface area contributed by atoms with E-state index in [0.29, 0.717) is 5.41 Å². The van der Waals surface area contributed by atoms with Crippen LogP contribution in [0.25, 0.3) is 0 Å². The van der Waals surface area contributed by atoms with Gasteiger partial charge >= 0.3 is 0 Å². The lowest BCUT2D eigenvalue weighted by Gasteiger charge is -2.40. The average Bonchev–Trinajstić information content (AvgIpc) is 2.61. The molecule has 0 bridgehead atoms. The van der Waals surface area contributed by atoms with E-state index in [1.807, 2.05) is 0 Å². The molecule has 0 aliphatic heterocycles. The molecule has 2 rings (SSSR count). The molecule has 0 radical (unpaired) electrons. The van der Waals surface area contributed by atoms with E-state index in [9.17, 15) is 0 Å². The highest BCUT2D eigenvalue weighted by molar-refractivity contribution is 5.38. The first-order valence-corrected chi connectivity index (χ1v) is 6.12. The Morgan fingerprint density at radius 1 is 1.47 bits per heavy atom. The van der Waals surface area contributed by atoms with Crippen molar-refractivity contribution in [3.05, 3.63) is 36.0 Å². The van der Waals surface area contributed by atoms with Crippen molar-refractivity contribution >= 4 is 0 Å². The summed E-state index contributed by atoms with van der Waals surface area (Å²) >= 11 is 0. The van der Waals surface area contributed by atoms with Crippen molar-refractivity contribution in [2.45, 2.75) is 46.0 Å². The third-order valence-corrected chi connectivity index (χ3v) is 4.44. The Kier molecular flexibility index (Phi) is 2.62. The lowest BCUT2D eigenvalue weighted by Crippen LogP contribution is -2.30. The maximum absolute atomic E-state index is 4.32. The highest BCUT2D eigenvalue weighted by Crippen LogP contribution is 2.53. The molecule has 1 saturated carbocycles. The topological polar surface area (TPSA) is 0 Å². The predicted molar refractivity (Wildman–Crippen MR) is 66.7 cm³/mol. The maximum atomic E-state index is 4.32. The first-order chi connectivity index (χ1) is 7.06. The van der Waals surface area contributed by atoms with Crippen molar-refractivity contribution in [3.8, 4) is 0 Å². The zero-order valence-corrected chi connectivity index (χ0v) is 10.1. The van der Waals surface area contributed by atoms with Gasteiger partial charge in [0, 0.05) is 5.41 Å². The molecular formula is C15H22. The maximum Gasteiger partial charge on any atom is 0.0123 e. The summed E-state index contributed by atoms with van der Waals surface area (Å²) in [6, 6.07) is 0. The monoisotopic (exact) mass is 202 g/mol. The summed E-state index contributed by atoms with van der Waals surface area (Å²) in [5.41, 5.74) is 4.52. The van der Waals surface area contributed by atoms with E-state index in [0.717, 1.165) is 5.92 Å². The van der Waals surface area contributed by atoms with Gasteiger partial charge in [0.25, 0.3) is 0 Å². The smallest absolute Gasteiger partial charge is 0.0123 e. The van der Waals surface area contributed by atoms with E-state index >= 15 is 0 Å². The van der Waals surface area contributed by atoms with Crippen molar-refractivity contribution in [3.63, 3.8) is 0 Å². The van der Waals surface area contributed by atoms with Crippen molar-refractivity contribution < 1.29 is 0 Å². The first kappa shape index (κ1) is 10.7. The summed E-state index contributed by atoms with van der Waals surface area (Å²) in [4.78, 5) is 0. The van der Waals surface area contributed by atoms with Crippen LogP contribution < -0.4 is 0 Å². The van der Waals surface area contributed by atoms with Crippen molar-refractivity contribution in [1.82, 2.24) is 0 Å². The van der Waals surface area contributed by atoms with Gasteiger partial charge in [-0.25, -0.2) is 0 Å². The molecule has 82 valence electrons. The molecule has 0 unspecified atom stereocenters. The van der Waals surface area contributed by atoms with Crippen LogP contribution in [0.4, 0.5) is 0 Å². The summed E-state index contributed by atoms with van der Waals surface area (Å²) in [5, 5.41) is 0. The second-order valence-corrected chi connectivity index (χ2v) is 5.39. The van der Waals surface area contributed by atoms with E-state index in [1.54, 1.807) is 0 Å². The molecule has 0 aromatic carbocycles. The Balaban J connectivity index is 2.33. The minimum atomic E-state index is 0.326. The van der Waals surface area contributed by atoms with Crippen molar-refractivity contribution in [2.75, 3.05) is 0 Å². The van der Waals surface area contributed by atoms with Crippen LogP contribution >= 0.6 is 0 Å². The van der Waals surface area contributed by atoms with Crippen LogP contribution in [0.5, 0.6) is 0 Å². The fraction of sp³-hybridized carbons (Fsp3) is 0.600. The molecule has 0 nitrogen and oxygen atoms in total. The normalized spacial score (nSPS) is 35.7. The van der Waals surface area contributed by atoms with Crippen LogP contribution in [-0.4, -0.2) is 0 Å². The summed E-state index contributed by atoms with van der Waals surface area (Å²) in [5.74, 6) is 0.774. The zero-order chi connectivity index (χ0) is 11.1. The van der Waals surface area contributed by atoms with E-state index in [4.69, 9.17) is 0 Å². The van der Waals surface area contributed by atoms with Crippen LogP contribution in [0.1, 0.15) is 46.0 Å². The van der Waals surface area contributed by atoms with Crippen LogP contribution in [0.3, 0.4) is 0 Å². The summed E-state index contributed by atoms with van der Waals surface area (Å²) in [6.45, 7) is 12.9. The van der Waals surface area contributed by atoms with Crippen molar-refractivity contribution in [1.29, 1.82) is 0 Å². The lowest BCUT2D eigenvalue weighted by atomic mass is 9.64. The second kappa shape index (κ2) is 3.66. The third-order valence-electron chi connectivity index (χ3n) is 4.44. The molecule has 15 heavy (non-hydrogen) atoms. The van der Waals surface area contributed by atoms with E-state index < -0.39 is 0 Å². The van der Waals surface area contributed by atoms with E-state index in [1.165, 1.54) is 48.8 Å². The Morgan fingerprint density at radius 3 is 2.73 bits per heavy atom. The highest BCUT2D eigenvalue weighted by Gasteiger charge is 2.41. The Labute approximate surface area is 93.8 Å². The number of hydrogen-bond donors (Lipinski definition) is 0. The zero-order valence-electron chi connectivity index (χ0n) is 10.1. The van der Waals surface area contributed by atoms with Gasteiger partial charge in [0.05, 0.1) is 0 Å². The van der Waals surface area contributed by atoms with Gasteiger partial charge in [-0.05, 0) is 50.5 Å². The SMILES string of the molecule is C=C(C)C1=C[C@@]2(CC1)C(=C)CCC[C@H]2C. The van der Waals surface area contributed by atoms with Gasteiger partial charge in [-0.15, -0.1) is 0 Å². The fourth-order valence-corrected chi connectivity index (χ4v) is 3.26. The van der Waals surface area contributed by atoms with Gasteiger partial charge in [0.15, 0.2) is 0 Å². The van der Waals surface area contributed by atoms with Crippen LogP contribution in [0.2, 0.25) is 0 Å². The minimum absolute atomic E-state index is 0.326. The van der Waals surface area contributed by atoms with E-state index in [2.05, 4.69) is 33.1 Å².